The third-order valence-electron chi connectivity index (χ3n) is 5.12. The molecule has 1 N–H and O–H groups in total. The van der Waals surface area contributed by atoms with Crippen LogP contribution in [0, 0.1) is 0 Å². The quantitative estimate of drug-likeness (QED) is 0.558. The Morgan fingerprint density at radius 2 is 1.77 bits per heavy atom. The lowest BCUT2D eigenvalue weighted by Crippen LogP contribution is -2.43. The van der Waals surface area contributed by atoms with Crippen LogP contribution in [-0.4, -0.2) is 63.7 Å². The molecule has 30 heavy (non-hydrogen) atoms. The standard InChI is InChI=1S/C23H29N3O4/c1-17(27)30-22-7-5-4-6-20(22)23(28)24-16-21(26-12-14-29-15-13-26)18-8-10-19(11-9-18)25(2)3/h4-11,21H,12-16H2,1-3H3,(H,24,28). The molecule has 1 fully saturated rings. The Hall–Kier alpha value is -2.90. The van der Waals surface area contributed by atoms with Crippen LogP contribution >= 0.6 is 0 Å². The predicted octanol–water partition coefficient (Wildman–Crippen LogP) is 2.48. The number of ether oxygens (including phenoxy) is 2. The summed E-state index contributed by atoms with van der Waals surface area (Å²) in [5.74, 6) is -0.460. The van der Waals surface area contributed by atoms with Gasteiger partial charge in [-0.25, -0.2) is 0 Å². The molecule has 1 heterocycles. The van der Waals surface area contributed by atoms with Gasteiger partial charge in [-0.05, 0) is 29.8 Å². The number of carbonyl (C=O) groups excluding carboxylic acids is 2. The Bertz CT molecular complexity index is 861. The minimum atomic E-state index is -0.456. The van der Waals surface area contributed by atoms with Crippen molar-refractivity contribution in [1.82, 2.24) is 10.2 Å². The number of benzene rings is 2. The summed E-state index contributed by atoms with van der Waals surface area (Å²) in [5, 5.41) is 3.02. The maximum absolute atomic E-state index is 12.9. The van der Waals surface area contributed by atoms with E-state index in [9.17, 15) is 9.59 Å². The molecule has 1 saturated heterocycles. The summed E-state index contributed by atoms with van der Waals surface area (Å²) >= 11 is 0. The third kappa shape index (κ3) is 5.58. The van der Waals surface area contributed by atoms with Crippen molar-refractivity contribution in [3.63, 3.8) is 0 Å². The zero-order valence-electron chi connectivity index (χ0n) is 17.8. The maximum Gasteiger partial charge on any atom is 0.308 e. The van der Waals surface area contributed by atoms with E-state index in [2.05, 4.69) is 39.4 Å². The number of amides is 1. The first kappa shape index (κ1) is 21.8. The molecule has 0 radical (unpaired) electrons. The molecular weight excluding hydrogens is 382 g/mol. The lowest BCUT2D eigenvalue weighted by Gasteiger charge is -2.35. The van der Waals surface area contributed by atoms with Crippen molar-refractivity contribution in [3.05, 3.63) is 59.7 Å². The van der Waals surface area contributed by atoms with E-state index in [1.165, 1.54) is 6.92 Å². The number of hydrogen-bond donors (Lipinski definition) is 1. The van der Waals surface area contributed by atoms with Gasteiger partial charge in [0, 0.05) is 46.3 Å². The second-order valence-corrected chi connectivity index (χ2v) is 7.45. The highest BCUT2D eigenvalue weighted by molar-refractivity contribution is 5.97. The van der Waals surface area contributed by atoms with Crippen LogP contribution in [0.25, 0.3) is 0 Å². The number of para-hydroxylation sites is 1. The smallest absolute Gasteiger partial charge is 0.308 e. The molecule has 0 aliphatic carbocycles. The Balaban J connectivity index is 1.77. The first-order chi connectivity index (χ1) is 14.5. The molecule has 7 heteroatoms. The van der Waals surface area contributed by atoms with E-state index in [0.717, 1.165) is 24.3 Å². The lowest BCUT2D eigenvalue weighted by atomic mass is 10.0. The minimum Gasteiger partial charge on any atom is -0.426 e. The molecule has 0 saturated carbocycles. The van der Waals surface area contributed by atoms with E-state index in [1.807, 2.05) is 14.1 Å². The fourth-order valence-electron chi connectivity index (χ4n) is 3.52. The topological polar surface area (TPSA) is 71.1 Å². The number of nitrogens with zero attached hydrogens (tertiary/aromatic N) is 2. The largest absolute Gasteiger partial charge is 0.426 e. The van der Waals surface area contributed by atoms with Gasteiger partial charge in [0.25, 0.3) is 5.91 Å². The van der Waals surface area contributed by atoms with Crippen molar-refractivity contribution in [3.8, 4) is 5.75 Å². The van der Waals surface area contributed by atoms with E-state index in [4.69, 9.17) is 9.47 Å². The minimum absolute atomic E-state index is 0.0231. The molecule has 1 amide bonds. The van der Waals surface area contributed by atoms with Crippen LogP contribution in [0.2, 0.25) is 0 Å². The lowest BCUT2D eigenvalue weighted by molar-refractivity contribution is -0.131. The van der Waals surface area contributed by atoms with Crippen molar-refractivity contribution in [1.29, 1.82) is 0 Å². The molecule has 2 aromatic carbocycles. The Morgan fingerprint density at radius 1 is 1.10 bits per heavy atom. The van der Waals surface area contributed by atoms with Gasteiger partial charge in [-0.2, -0.15) is 0 Å². The average molecular weight is 412 g/mol. The fourth-order valence-corrected chi connectivity index (χ4v) is 3.52. The molecule has 1 unspecified atom stereocenters. The highest BCUT2D eigenvalue weighted by Crippen LogP contribution is 2.24. The summed E-state index contributed by atoms with van der Waals surface area (Å²) in [5.41, 5.74) is 2.60. The number of nitrogens with one attached hydrogen (secondary N) is 1. The predicted molar refractivity (Wildman–Crippen MR) is 116 cm³/mol. The molecule has 2 aromatic rings. The zero-order chi connectivity index (χ0) is 21.5. The van der Waals surface area contributed by atoms with Crippen molar-refractivity contribution >= 4 is 17.6 Å². The second kappa shape index (κ2) is 10.2. The zero-order valence-corrected chi connectivity index (χ0v) is 17.8. The fraction of sp³-hybridized carbons (Fsp3) is 0.391. The van der Waals surface area contributed by atoms with Gasteiger partial charge in [-0.15, -0.1) is 0 Å². The number of carbonyl (C=O) groups is 2. The summed E-state index contributed by atoms with van der Waals surface area (Å²) in [6, 6.07) is 15.2. The van der Waals surface area contributed by atoms with Gasteiger partial charge in [0.2, 0.25) is 0 Å². The van der Waals surface area contributed by atoms with Gasteiger partial charge < -0.3 is 19.7 Å². The first-order valence-corrected chi connectivity index (χ1v) is 10.1. The number of morpholine rings is 1. The molecule has 1 atom stereocenters. The monoisotopic (exact) mass is 411 g/mol. The average Bonchev–Trinajstić information content (AvgIpc) is 2.75. The summed E-state index contributed by atoms with van der Waals surface area (Å²) in [6.07, 6.45) is 0. The highest BCUT2D eigenvalue weighted by Gasteiger charge is 2.24. The van der Waals surface area contributed by atoms with E-state index in [0.29, 0.717) is 25.3 Å². The van der Waals surface area contributed by atoms with Crippen LogP contribution in [0.1, 0.15) is 28.9 Å². The van der Waals surface area contributed by atoms with E-state index >= 15 is 0 Å². The Morgan fingerprint density at radius 3 is 2.40 bits per heavy atom. The summed E-state index contributed by atoms with van der Waals surface area (Å²) in [4.78, 5) is 28.6. The number of hydrogen-bond acceptors (Lipinski definition) is 6. The molecule has 0 bridgehead atoms. The Kier molecular flexibility index (Phi) is 7.43. The molecule has 1 aliphatic rings. The van der Waals surface area contributed by atoms with E-state index in [1.54, 1.807) is 24.3 Å². The number of esters is 1. The number of anilines is 1. The van der Waals surface area contributed by atoms with Crippen LogP contribution in [0.4, 0.5) is 5.69 Å². The molecule has 3 rings (SSSR count). The normalized spacial score (nSPS) is 15.3. The van der Waals surface area contributed by atoms with Crippen molar-refractivity contribution in [2.24, 2.45) is 0 Å². The van der Waals surface area contributed by atoms with E-state index < -0.39 is 5.97 Å². The second-order valence-electron chi connectivity index (χ2n) is 7.45. The van der Waals surface area contributed by atoms with Gasteiger partial charge in [0.05, 0.1) is 24.8 Å². The van der Waals surface area contributed by atoms with Gasteiger partial charge in [-0.3, -0.25) is 14.5 Å². The molecule has 160 valence electrons. The van der Waals surface area contributed by atoms with Gasteiger partial charge >= 0.3 is 5.97 Å². The van der Waals surface area contributed by atoms with E-state index in [-0.39, 0.29) is 17.7 Å². The summed E-state index contributed by atoms with van der Waals surface area (Å²) < 4.78 is 10.7. The highest BCUT2D eigenvalue weighted by atomic mass is 16.5. The van der Waals surface area contributed by atoms with Crippen LogP contribution in [0.3, 0.4) is 0 Å². The van der Waals surface area contributed by atoms with Gasteiger partial charge in [0.15, 0.2) is 0 Å². The molecular formula is C23H29N3O4. The molecule has 0 spiro atoms. The SMILES string of the molecule is CC(=O)Oc1ccccc1C(=O)NCC(c1ccc(N(C)C)cc1)N1CCOCC1. The van der Waals surface area contributed by atoms with Crippen molar-refractivity contribution < 1.29 is 19.1 Å². The molecule has 7 nitrogen and oxygen atoms in total. The van der Waals surface area contributed by atoms with Crippen molar-refractivity contribution in [2.45, 2.75) is 13.0 Å². The number of rotatable bonds is 7. The molecule has 1 aliphatic heterocycles. The summed E-state index contributed by atoms with van der Waals surface area (Å²) in [6.45, 7) is 4.72. The summed E-state index contributed by atoms with van der Waals surface area (Å²) in [7, 11) is 4.02. The Labute approximate surface area is 177 Å². The van der Waals surface area contributed by atoms with Crippen molar-refractivity contribution in [2.75, 3.05) is 51.8 Å². The van der Waals surface area contributed by atoms with Crippen LogP contribution < -0.4 is 15.0 Å². The molecule has 0 aromatic heterocycles. The van der Waals surface area contributed by atoms with Crippen LogP contribution in [-0.2, 0) is 9.53 Å². The maximum atomic E-state index is 12.9. The van der Waals surface area contributed by atoms with Crippen LogP contribution in [0.15, 0.2) is 48.5 Å². The van der Waals surface area contributed by atoms with Gasteiger partial charge in [-0.1, -0.05) is 24.3 Å². The third-order valence-corrected chi connectivity index (χ3v) is 5.12. The first-order valence-electron chi connectivity index (χ1n) is 10.1. The van der Waals surface area contributed by atoms with Crippen LogP contribution in [0.5, 0.6) is 5.75 Å². The van der Waals surface area contributed by atoms with Gasteiger partial charge in [0.1, 0.15) is 5.75 Å².